The van der Waals surface area contributed by atoms with Crippen LogP contribution in [0.15, 0.2) is 0 Å². The van der Waals surface area contributed by atoms with Crippen molar-refractivity contribution in [3.8, 4) is 0 Å². The maximum atomic E-state index is 9.87. The smallest absolute Gasteiger partial charge is 0.0643 e. The van der Waals surface area contributed by atoms with Gasteiger partial charge in [0, 0.05) is 13.2 Å². The molecule has 0 aliphatic carbocycles. The van der Waals surface area contributed by atoms with Gasteiger partial charge in [0.1, 0.15) is 0 Å². The van der Waals surface area contributed by atoms with Gasteiger partial charge in [-0.15, -0.1) is 0 Å². The molecule has 0 spiro atoms. The molecule has 0 aliphatic rings. The lowest BCUT2D eigenvalue weighted by atomic mass is 9.92. The fourth-order valence-electron chi connectivity index (χ4n) is 1.25. The molecule has 2 nitrogen and oxygen atoms in total. The molecule has 12 heavy (non-hydrogen) atoms. The average Bonchev–Trinajstić information content (AvgIpc) is 2.12. The van der Waals surface area contributed by atoms with E-state index in [2.05, 4.69) is 0 Å². The molecule has 0 saturated heterocycles. The zero-order chi connectivity index (χ0) is 9.45. The number of rotatable bonds is 7. The number of hydrogen-bond donors (Lipinski definition) is 1. The van der Waals surface area contributed by atoms with E-state index in [-0.39, 0.29) is 0 Å². The molecule has 0 fully saturated rings. The third-order valence-corrected chi connectivity index (χ3v) is 2.45. The van der Waals surface area contributed by atoms with Crippen LogP contribution in [0.25, 0.3) is 0 Å². The Morgan fingerprint density at radius 2 is 1.75 bits per heavy atom. The highest BCUT2D eigenvalue weighted by Gasteiger charge is 2.20. The first-order valence-electron chi connectivity index (χ1n) is 4.98. The summed E-state index contributed by atoms with van der Waals surface area (Å²) in [4.78, 5) is 0. The van der Waals surface area contributed by atoms with Gasteiger partial charge in [-0.25, -0.2) is 0 Å². The van der Waals surface area contributed by atoms with E-state index >= 15 is 0 Å². The van der Waals surface area contributed by atoms with E-state index in [4.69, 9.17) is 4.74 Å². The summed E-state index contributed by atoms with van der Waals surface area (Å²) in [5.74, 6) is 0. The van der Waals surface area contributed by atoms with Gasteiger partial charge in [0.25, 0.3) is 0 Å². The Balaban J connectivity index is 3.45. The fourth-order valence-corrected chi connectivity index (χ4v) is 1.25. The van der Waals surface area contributed by atoms with Gasteiger partial charge < -0.3 is 9.84 Å². The first-order valence-corrected chi connectivity index (χ1v) is 4.98. The molecular formula is C10H22O2. The summed E-state index contributed by atoms with van der Waals surface area (Å²) in [6.45, 7) is 7.61. The SMILES string of the molecule is CCOCCCC(O)(CC)CC. The highest BCUT2D eigenvalue weighted by atomic mass is 16.5. The van der Waals surface area contributed by atoms with Gasteiger partial charge in [0.15, 0.2) is 0 Å². The monoisotopic (exact) mass is 174 g/mol. The Morgan fingerprint density at radius 1 is 1.17 bits per heavy atom. The molecule has 1 N–H and O–H groups in total. The van der Waals surface area contributed by atoms with Gasteiger partial charge >= 0.3 is 0 Å². The van der Waals surface area contributed by atoms with Crippen LogP contribution in [0.4, 0.5) is 0 Å². The van der Waals surface area contributed by atoms with E-state index in [9.17, 15) is 5.11 Å². The van der Waals surface area contributed by atoms with Gasteiger partial charge in [-0.2, -0.15) is 0 Å². The molecule has 74 valence electrons. The van der Waals surface area contributed by atoms with Gasteiger partial charge in [0.05, 0.1) is 5.60 Å². The minimum Gasteiger partial charge on any atom is -0.390 e. The number of aliphatic hydroxyl groups is 1. The van der Waals surface area contributed by atoms with Crippen LogP contribution in [-0.2, 0) is 4.74 Å². The minimum atomic E-state index is -0.447. The average molecular weight is 174 g/mol. The van der Waals surface area contributed by atoms with Crippen LogP contribution >= 0.6 is 0 Å². The summed E-state index contributed by atoms with van der Waals surface area (Å²) in [7, 11) is 0. The van der Waals surface area contributed by atoms with E-state index in [1.165, 1.54) is 0 Å². The standard InChI is InChI=1S/C10H22O2/c1-4-10(11,5-2)8-7-9-12-6-3/h11H,4-9H2,1-3H3. The van der Waals surface area contributed by atoms with Gasteiger partial charge in [0.2, 0.25) is 0 Å². The van der Waals surface area contributed by atoms with Gasteiger partial charge in [-0.1, -0.05) is 13.8 Å². The molecule has 0 amide bonds. The van der Waals surface area contributed by atoms with E-state index in [1.807, 2.05) is 20.8 Å². The molecule has 0 atom stereocenters. The number of hydrogen-bond acceptors (Lipinski definition) is 2. The second-order valence-electron chi connectivity index (χ2n) is 3.23. The fraction of sp³-hybridized carbons (Fsp3) is 1.00. The van der Waals surface area contributed by atoms with E-state index < -0.39 is 5.60 Å². The normalized spacial score (nSPS) is 12.0. The van der Waals surface area contributed by atoms with Crippen LogP contribution in [0.1, 0.15) is 46.5 Å². The molecule has 0 aromatic heterocycles. The third-order valence-electron chi connectivity index (χ3n) is 2.45. The zero-order valence-corrected chi connectivity index (χ0v) is 8.60. The molecule has 0 saturated carbocycles. The molecule has 0 bridgehead atoms. The van der Waals surface area contributed by atoms with E-state index in [0.29, 0.717) is 0 Å². The first kappa shape index (κ1) is 11.9. The molecule has 0 aromatic carbocycles. The molecule has 0 aromatic rings. The molecule has 0 rings (SSSR count). The third kappa shape index (κ3) is 4.73. The topological polar surface area (TPSA) is 29.5 Å². The summed E-state index contributed by atoms with van der Waals surface area (Å²) in [6, 6.07) is 0. The van der Waals surface area contributed by atoms with Gasteiger partial charge in [-0.05, 0) is 32.6 Å². The molecular weight excluding hydrogens is 152 g/mol. The molecule has 0 heterocycles. The zero-order valence-electron chi connectivity index (χ0n) is 8.60. The summed E-state index contributed by atoms with van der Waals surface area (Å²) < 4.78 is 5.21. The lowest BCUT2D eigenvalue weighted by Crippen LogP contribution is -2.26. The van der Waals surface area contributed by atoms with Crippen LogP contribution in [0, 0.1) is 0 Å². The van der Waals surface area contributed by atoms with Crippen molar-refractivity contribution < 1.29 is 9.84 Å². The highest BCUT2D eigenvalue weighted by Crippen LogP contribution is 2.20. The second kappa shape index (κ2) is 6.44. The van der Waals surface area contributed by atoms with Crippen molar-refractivity contribution in [3.05, 3.63) is 0 Å². The second-order valence-corrected chi connectivity index (χ2v) is 3.23. The lowest BCUT2D eigenvalue weighted by molar-refractivity contribution is 0.0130. The molecule has 0 radical (unpaired) electrons. The first-order chi connectivity index (χ1) is 5.68. The highest BCUT2D eigenvalue weighted by molar-refractivity contribution is 4.74. The van der Waals surface area contributed by atoms with E-state index in [1.54, 1.807) is 0 Å². The van der Waals surface area contributed by atoms with E-state index in [0.717, 1.165) is 38.9 Å². The van der Waals surface area contributed by atoms with Crippen LogP contribution in [0.5, 0.6) is 0 Å². The summed E-state index contributed by atoms with van der Waals surface area (Å²) in [6.07, 6.45) is 3.51. The van der Waals surface area contributed by atoms with Crippen LogP contribution in [0.2, 0.25) is 0 Å². The Bertz CT molecular complexity index is 98.0. The predicted molar refractivity (Wildman–Crippen MR) is 51.3 cm³/mol. The van der Waals surface area contributed by atoms with Gasteiger partial charge in [-0.3, -0.25) is 0 Å². The minimum absolute atomic E-state index is 0.447. The van der Waals surface area contributed by atoms with Crippen LogP contribution < -0.4 is 0 Å². The van der Waals surface area contributed by atoms with Crippen LogP contribution in [-0.4, -0.2) is 23.9 Å². The largest absolute Gasteiger partial charge is 0.390 e. The van der Waals surface area contributed by atoms with Crippen molar-refractivity contribution in [1.29, 1.82) is 0 Å². The van der Waals surface area contributed by atoms with Crippen molar-refractivity contribution in [2.24, 2.45) is 0 Å². The Morgan fingerprint density at radius 3 is 2.17 bits per heavy atom. The van der Waals surface area contributed by atoms with Crippen molar-refractivity contribution >= 4 is 0 Å². The quantitative estimate of drug-likeness (QED) is 0.600. The Hall–Kier alpha value is -0.0800. The number of ether oxygens (including phenoxy) is 1. The van der Waals surface area contributed by atoms with Crippen molar-refractivity contribution in [1.82, 2.24) is 0 Å². The lowest BCUT2D eigenvalue weighted by Gasteiger charge is -2.24. The summed E-state index contributed by atoms with van der Waals surface area (Å²) in [5.41, 5.74) is -0.447. The van der Waals surface area contributed by atoms with Crippen LogP contribution in [0.3, 0.4) is 0 Å². The molecule has 0 aliphatic heterocycles. The summed E-state index contributed by atoms with van der Waals surface area (Å²) >= 11 is 0. The summed E-state index contributed by atoms with van der Waals surface area (Å²) in [5, 5.41) is 9.87. The maximum Gasteiger partial charge on any atom is 0.0643 e. The predicted octanol–water partition coefficient (Wildman–Crippen LogP) is 2.35. The Labute approximate surface area is 75.9 Å². The van der Waals surface area contributed by atoms with Crippen molar-refractivity contribution in [3.63, 3.8) is 0 Å². The molecule has 2 heteroatoms. The van der Waals surface area contributed by atoms with Crippen molar-refractivity contribution in [2.75, 3.05) is 13.2 Å². The maximum absolute atomic E-state index is 9.87. The Kier molecular flexibility index (Phi) is 6.39. The molecule has 0 unspecified atom stereocenters. The van der Waals surface area contributed by atoms with Crippen molar-refractivity contribution in [2.45, 2.75) is 52.1 Å².